The molecule has 0 saturated carbocycles. The van der Waals surface area contributed by atoms with Crippen molar-refractivity contribution in [2.45, 2.75) is 4.90 Å². The Kier molecular flexibility index (Phi) is 4.94. The number of carbonyl (C=O) groups excluding carboxylic acids is 1. The van der Waals surface area contributed by atoms with E-state index in [-0.39, 0.29) is 10.6 Å². The van der Waals surface area contributed by atoms with Crippen LogP contribution in [-0.4, -0.2) is 25.8 Å². The maximum Gasteiger partial charge on any atom is 0.339 e. The van der Waals surface area contributed by atoms with E-state index < -0.39 is 16.1 Å². The van der Waals surface area contributed by atoms with Crippen LogP contribution in [0.3, 0.4) is 0 Å². The lowest BCUT2D eigenvalue weighted by atomic mass is 10.2. The number of benzene rings is 2. The van der Waals surface area contributed by atoms with Crippen LogP contribution in [0.5, 0.6) is 5.75 Å². The minimum atomic E-state index is -3.77. The van der Waals surface area contributed by atoms with Gasteiger partial charge in [0.05, 0.1) is 11.1 Å². The smallest absolute Gasteiger partial charge is 0.339 e. The van der Waals surface area contributed by atoms with Gasteiger partial charge in [-0.1, -0.05) is 12.1 Å². The summed E-state index contributed by atoms with van der Waals surface area (Å²) >= 11 is 0. The fourth-order valence-electron chi connectivity index (χ4n) is 1.64. The number of carbonyl (C=O) groups is 1. The molecule has 5 N–H and O–H groups in total. The number of phenolic OH excluding ortho intramolecular Hbond substituents is 1. The molecule has 2 amide bonds. The second-order valence-electron chi connectivity index (χ2n) is 4.45. The summed E-state index contributed by atoms with van der Waals surface area (Å²) in [6, 6.07) is 11.2. The number of amides is 2. The number of anilines is 1. The summed E-state index contributed by atoms with van der Waals surface area (Å²) in [7, 11) is -3.77. The van der Waals surface area contributed by atoms with Gasteiger partial charge in [0.2, 0.25) is 10.0 Å². The average Bonchev–Trinajstić information content (AvgIpc) is 2.49. The van der Waals surface area contributed by atoms with Crippen molar-refractivity contribution in [3.63, 3.8) is 0 Å². The van der Waals surface area contributed by atoms with E-state index >= 15 is 0 Å². The number of hydrazone groups is 1. The number of sulfonamides is 1. The Labute approximate surface area is 132 Å². The van der Waals surface area contributed by atoms with Crippen LogP contribution in [0.4, 0.5) is 10.5 Å². The molecule has 23 heavy (non-hydrogen) atoms. The molecule has 0 aliphatic heterocycles. The molecular formula is C14H14N4O4S. The summed E-state index contributed by atoms with van der Waals surface area (Å²) in [5, 5.41) is 20.6. The number of hydrogen-bond donors (Lipinski definition) is 4. The van der Waals surface area contributed by atoms with Gasteiger partial charge < -0.3 is 10.4 Å². The summed E-state index contributed by atoms with van der Waals surface area (Å²) in [6.07, 6.45) is 1.29. The van der Waals surface area contributed by atoms with Crippen LogP contribution in [0.1, 0.15) is 5.56 Å². The van der Waals surface area contributed by atoms with Gasteiger partial charge in [-0.15, -0.1) is 0 Å². The number of nitrogens with one attached hydrogen (secondary N) is 2. The van der Waals surface area contributed by atoms with Gasteiger partial charge in [0.15, 0.2) is 0 Å². The Balaban J connectivity index is 1.94. The molecule has 9 heteroatoms. The van der Waals surface area contributed by atoms with E-state index in [2.05, 4.69) is 15.8 Å². The van der Waals surface area contributed by atoms with Gasteiger partial charge in [0.1, 0.15) is 5.75 Å². The Hall–Kier alpha value is -2.91. The number of primary sulfonamides is 1. The molecule has 0 saturated heterocycles. The zero-order chi connectivity index (χ0) is 16.9. The van der Waals surface area contributed by atoms with Gasteiger partial charge in [-0.3, -0.25) is 0 Å². The molecule has 0 atom stereocenters. The second-order valence-corrected chi connectivity index (χ2v) is 6.01. The topological polar surface area (TPSA) is 134 Å². The molecule has 0 bridgehead atoms. The van der Waals surface area contributed by atoms with E-state index in [0.29, 0.717) is 11.3 Å². The van der Waals surface area contributed by atoms with Crippen LogP contribution in [0.2, 0.25) is 0 Å². The van der Waals surface area contributed by atoms with E-state index in [0.717, 1.165) is 0 Å². The minimum Gasteiger partial charge on any atom is -0.507 e. The zero-order valence-electron chi connectivity index (χ0n) is 11.8. The maximum absolute atomic E-state index is 11.6. The first-order valence-corrected chi connectivity index (χ1v) is 7.92. The van der Waals surface area contributed by atoms with Gasteiger partial charge in [-0.2, -0.15) is 5.10 Å². The molecule has 0 fully saturated rings. The van der Waals surface area contributed by atoms with Crippen LogP contribution >= 0.6 is 0 Å². The van der Waals surface area contributed by atoms with Gasteiger partial charge >= 0.3 is 6.03 Å². The number of phenols is 1. The summed E-state index contributed by atoms with van der Waals surface area (Å²) in [5.41, 5.74) is 3.03. The van der Waals surface area contributed by atoms with Gasteiger partial charge in [-0.05, 0) is 36.4 Å². The van der Waals surface area contributed by atoms with Crippen LogP contribution in [0, 0.1) is 0 Å². The Morgan fingerprint density at radius 2 is 1.78 bits per heavy atom. The van der Waals surface area contributed by atoms with E-state index in [1.807, 2.05) is 0 Å². The monoisotopic (exact) mass is 334 g/mol. The highest BCUT2D eigenvalue weighted by Gasteiger charge is 2.07. The Bertz CT molecular complexity index is 832. The van der Waals surface area contributed by atoms with Crippen molar-refractivity contribution in [1.29, 1.82) is 0 Å². The first kappa shape index (κ1) is 16.5. The Morgan fingerprint density at radius 1 is 1.13 bits per heavy atom. The van der Waals surface area contributed by atoms with Crippen molar-refractivity contribution in [3.8, 4) is 5.75 Å². The van der Waals surface area contributed by atoms with Crippen LogP contribution in [0.25, 0.3) is 0 Å². The standard InChI is InChI=1S/C14H14N4O4S/c15-23(21,22)12-7-5-11(6-8-12)17-14(20)18-16-9-10-3-1-2-4-13(10)19/h1-9,19H,(H2,15,21,22)(H2,17,18,20)/b16-9+. The van der Waals surface area contributed by atoms with Crippen molar-refractivity contribution in [2.24, 2.45) is 10.2 Å². The third kappa shape index (κ3) is 4.80. The molecular weight excluding hydrogens is 320 g/mol. The number of rotatable bonds is 4. The first-order valence-electron chi connectivity index (χ1n) is 6.37. The number of hydrogen-bond acceptors (Lipinski definition) is 5. The predicted octanol–water partition coefficient (Wildman–Crippen LogP) is 1.20. The van der Waals surface area contributed by atoms with Crippen molar-refractivity contribution in [3.05, 3.63) is 54.1 Å². The fourth-order valence-corrected chi connectivity index (χ4v) is 2.16. The number of aromatic hydroxyl groups is 1. The summed E-state index contributed by atoms with van der Waals surface area (Å²) < 4.78 is 22.2. The highest BCUT2D eigenvalue weighted by atomic mass is 32.2. The SMILES string of the molecule is NS(=O)(=O)c1ccc(NC(=O)N/N=C/c2ccccc2O)cc1. The molecule has 0 unspecified atom stereocenters. The van der Waals surface area contributed by atoms with Gasteiger partial charge in [0, 0.05) is 11.3 Å². The quantitative estimate of drug-likeness (QED) is 0.493. The van der Waals surface area contributed by atoms with Crippen LogP contribution < -0.4 is 15.9 Å². The largest absolute Gasteiger partial charge is 0.507 e. The van der Waals surface area contributed by atoms with Crippen LogP contribution in [0.15, 0.2) is 58.5 Å². The average molecular weight is 334 g/mol. The Morgan fingerprint density at radius 3 is 2.39 bits per heavy atom. The normalized spacial score (nSPS) is 11.3. The molecule has 0 aromatic heterocycles. The van der Waals surface area contributed by atoms with E-state index in [1.165, 1.54) is 36.5 Å². The number of para-hydroxylation sites is 1. The lowest BCUT2D eigenvalue weighted by Gasteiger charge is -2.05. The van der Waals surface area contributed by atoms with Crippen molar-refractivity contribution in [2.75, 3.05) is 5.32 Å². The molecule has 2 aromatic carbocycles. The predicted molar refractivity (Wildman–Crippen MR) is 85.7 cm³/mol. The molecule has 0 radical (unpaired) electrons. The first-order chi connectivity index (χ1) is 10.9. The number of urea groups is 1. The molecule has 8 nitrogen and oxygen atoms in total. The van der Waals surface area contributed by atoms with Crippen LogP contribution in [-0.2, 0) is 10.0 Å². The van der Waals surface area contributed by atoms with E-state index in [4.69, 9.17) is 5.14 Å². The summed E-state index contributed by atoms with van der Waals surface area (Å²) in [6.45, 7) is 0. The molecule has 0 heterocycles. The molecule has 2 aromatic rings. The highest BCUT2D eigenvalue weighted by Crippen LogP contribution is 2.13. The third-order valence-electron chi connectivity index (χ3n) is 2.75. The van der Waals surface area contributed by atoms with Gasteiger partial charge in [0.25, 0.3) is 0 Å². The van der Waals surface area contributed by atoms with Crippen molar-refractivity contribution in [1.82, 2.24) is 5.43 Å². The van der Waals surface area contributed by atoms with Crippen molar-refractivity contribution >= 4 is 28.0 Å². The molecule has 0 spiro atoms. The molecule has 120 valence electrons. The summed E-state index contributed by atoms with van der Waals surface area (Å²) in [5.74, 6) is 0.0389. The van der Waals surface area contributed by atoms with E-state index in [9.17, 15) is 18.3 Å². The summed E-state index contributed by atoms with van der Waals surface area (Å²) in [4.78, 5) is 11.6. The van der Waals surface area contributed by atoms with E-state index in [1.54, 1.807) is 18.2 Å². The lowest BCUT2D eigenvalue weighted by molar-refractivity contribution is 0.252. The van der Waals surface area contributed by atoms with Crippen molar-refractivity contribution < 1.29 is 18.3 Å². The molecule has 0 aliphatic rings. The third-order valence-corrected chi connectivity index (χ3v) is 3.68. The molecule has 2 rings (SSSR count). The highest BCUT2D eigenvalue weighted by molar-refractivity contribution is 7.89. The maximum atomic E-state index is 11.6. The van der Waals surface area contributed by atoms with Gasteiger partial charge in [-0.25, -0.2) is 23.8 Å². The number of nitrogens with two attached hydrogens (primary N) is 1. The molecule has 0 aliphatic carbocycles. The number of nitrogens with zero attached hydrogens (tertiary/aromatic N) is 1. The lowest BCUT2D eigenvalue weighted by Crippen LogP contribution is -2.24. The zero-order valence-corrected chi connectivity index (χ0v) is 12.6. The minimum absolute atomic E-state index is 0.0389. The second kappa shape index (κ2) is 6.90. The fraction of sp³-hybridized carbons (Fsp3) is 0.